The Hall–Kier alpha value is -0.690. The quantitative estimate of drug-likeness (QED) is 0.117. The Morgan fingerprint density at radius 1 is 0.750 bits per heavy atom. The van der Waals surface area contributed by atoms with Crippen molar-refractivity contribution in [3.05, 3.63) is 0 Å². The molecular formula is C38H76N2O4. The molecule has 0 aromatic carbocycles. The molecule has 0 spiro atoms. The number of nitrogens with one attached hydrogen (secondary N) is 1. The van der Waals surface area contributed by atoms with E-state index in [2.05, 4.69) is 67.6 Å². The van der Waals surface area contributed by atoms with E-state index in [0.29, 0.717) is 17.5 Å². The molecule has 2 saturated heterocycles. The van der Waals surface area contributed by atoms with Gasteiger partial charge >= 0.3 is 5.97 Å². The lowest BCUT2D eigenvalue weighted by molar-refractivity contribution is -0.306. The number of esters is 1. The number of hydroxylamine groups is 2. The fraction of sp³-hybridized carbons (Fsp3) is 0.974. The SMILES string of the molecule is CC1(C)CCCC(C)(C)N1.CCCCCCCCCCCCCCCC(=O)OC1CC(C)(C)N(OCC(C)(C)O)C(C)(C)C1. The normalized spacial score (nSPS) is 21.4. The van der Waals surface area contributed by atoms with Crippen molar-refractivity contribution in [1.29, 1.82) is 0 Å². The summed E-state index contributed by atoms with van der Waals surface area (Å²) in [6.07, 6.45) is 22.9. The number of aliphatic hydroxyl groups is 1. The molecule has 0 radical (unpaired) electrons. The smallest absolute Gasteiger partial charge is 0.306 e. The summed E-state index contributed by atoms with van der Waals surface area (Å²) in [4.78, 5) is 18.5. The molecule has 0 aliphatic carbocycles. The van der Waals surface area contributed by atoms with Crippen LogP contribution in [0, 0.1) is 0 Å². The third-order valence-corrected chi connectivity index (χ3v) is 9.16. The molecule has 6 nitrogen and oxygen atoms in total. The lowest BCUT2D eigenvalue weighted by Crippen LogP contribution is -2.62. The van der Waals surface area contributed by atoms with Gasteiger partial charge in [0.15, 0.2) is 0 Å². The number of hydrogen-bond donors (Lipinski definition) is 2. The van der Waals surface area contributed by atoms with Gasteiger partial charge in [0.2, 0.25) is 0 Å². The van der Waals surface area contributed by atoms with Crippen LogP contribution < -0.4 is 5.32 Å². The highest BCUT2D eigenvalue weighted by atomic mass is 16.7. The summed E-state index contributed by atoms with van der Waals surface area (Å²) >= 11 is 0. The van der Waals surface area contributed by atoms with E-state index in [1.165, 1.54) is 89.9 Å². The highest BCUT2D eigenvalue weighted by molar-refractivity contribution is 5.69. The first-order chi connectivity index (χ1) is 20.3. The number of unbranched alkanes of at least 4 members (excludes halogenated alkanes) is 12. The van der Waals surface area contributed by atoms with Gasteiger partial charge in [0.25, 0.3) is 0 Å². The molecule has 2 aliphatic rings. The maximum atomic E-state index is 12.5. The van der Waals surface area contributed by atoms with E-state index < -0.39 is 5.60 Å². The minimum absolute atomic E-state index is 0.0643. The Kier molecular flexibility index (Phi) is 18.0. The zero-order chi connectivity index (χ0) is 33.5. The van der Waals surface area contributed by atoms with E-state index in [-0.39, 0.29) is 29.8 Å². The number of rotatable bonds is 18. The average molecular weight is 625 g/mol. The Morgan fingerprint density at radius 2 is 1.16 bits per heavy atom. The molecule has 0 amide bonds. The van der Waals surface area contributed by atoms with E-state index in [1.54, 1.807) is 13.8 Å². The monoisotopic (exact) mass is 625 g/mol. The summed E-state index contributed by atoms with van der Waals surface area (Å²) in [5, 5.41) is 15.7. The molecule has 0 aromatic heterocycles. The van der Waals surface area contributed by atoms with E-state index in [4.69, 9.17) is 9.57 Å². The predicted octanol–water partition coefficient (Wildman–Crippen LogP) is 10.1. The molecule has 0 aromatic rings. The second kappa shape index (κ2) is 19.2. The zero-order valence-electron chi connectivity index (χ0n) is 31.3. The first-order valence-corrected chi connectivity index (χ1v) is 18.4. The number of ether oxygens (including phenoxy) is 1. The van der Waals surface area contributed by atoms with Crippen LogP contribution in [0.25, 0.3) is 0 Å². The van der Waals surface area contributed by atoms with Crippen molar-refractivity contribution in [2.45, 2.75) is 232 Å². The van der Waals surface area contributed by atoms with Gasteiger partial charge in [-0.2, -0.15) is 5.06 Å². The standard InChI is InChI=1S/C29H57NO4.C9H19N/c1-8-9-10-11-12-13-14-15-16-17-18-19-20-21-26(31)34-25-22-27(2,3)30(28(4,5)23-25)33-24-29(6,7)32;1-8(2)6-5-7-9(3,4)10-8/h25,32H,8-24H2,1-7H3;10H,5-7H2,1-4H3. The van der Waals surface area contributed by atoms with Gasteiger partial charge in [-0.1, -0.05) is 84.0 Å². The average Bonchev–Trinajstić information content (AvgIpc) is 2.83. The maximum Gasteiger partial charge on any atom is 0.306 e. The van der Waals surface area contributed by atoms with Crippen LogP contribution in [0.5, 0.6) is 0 Å². The fourth-order valence-electron chi connectivity index (χ4n) is 7.37. The predicted molar refractivity (Wildman–Crippen MR) is 187 cm³/mol. The number of carbonyl (C=O) groups is 1. The van der Waals surface area contributed by atoms with Crippen molar-refractivity contribution >= 4 is 5.97 Å². The first kappa shape index (κ1) is 41.3. The van der Waals surface area contributed by atoms with Gasteiger partial charge in [-0.3, -0.25) is 9.63 Å². The summed E-state index contributed by atoms with van der Waals surface area (Å²) in [7, 11) is 0. The zero-order valence-corrected chi connectivity index (χ0v) is 31.3. The molecule has 44 heavy (non-hydrogen) atoms. The van der Waals surface area contributed by atoms with Crippen molar-refractivity contribution in [2.75, 3.05) is 6.61 Å². The Labute approximate surface area is 274 Å². The van der Waals surface area contributed by atoms with Gasteiger partial charge in [0, 0.05) is 41.4 Å². The van der Waals surface area contributed by atoms with Crippen LogP contribution in [-0.2, 0) is 14.4 Å². The van der Waals surface area contributed by atoms with Crippen LogP contribution in [0.15, 0.2) is 0 Å². The van der Waals surface area contributed by atoms with Crippen LogP contribution in [0.1, 0.15) is 198 Å². The molecule has 0 bridgehead atoms. The Morgan fingerprint density at radius 3 is 1.52 bits per heavy atom. The van der Waals surface area contributed by atoms with Gasteiger partial charge < -0.3 is 15.2 Å². The largest absolute Gasteiger partial charge is 0.462 e. The van der Waals surface area contributed by atoms with E-state index >= 15 is 0 Å². The van der Waals surface area contributed by atoms with Gasteiger partial charge in [0.05, 0.1) is 12.2 Å². The minimum Gasteiger partial charge on any atom is -0.462 e. The molecule has 6 heteroatoms. The molecular weight excluding hydrogens is 548 g/mol. The molecule has 2 N–H and O–H groups in total. The Balaban J connectivity index is 0.000000813. The van der Waals surface area contributed by atoms with Crippen molar-refractivity contribution in [3.63, 3.8) is 0 Å². The topological polar surface area (TPSA) is 71.0 Å². The van der Waals surface area contributed by atoms with Crippen LogP contribution >= 0.6 is 0 Å². The van der Waals surface area contributed by atoms with Crippen molar-refractivity contribution < 1.29 is 19.5 Å². The number of piperidine rings is 2. The summed E-state index contributed by atoms with van der Waals surface area (Å²) in [6.45, 7) is 23.6. The molecule has 0 saturated carbocycles. The first-order valence-electron chi connectivity index (χ1n) is 18.4. The lowest BCUT2D eigenvalue weighted by atomic mass is 9.80. The third kappa shape index (κ3) is 18.5. The minimum atomic E-state index is -0.886. The summed E-state index contributed by atoms with van der Waals surface area (Å²) < 4.78 is 5.89. The fourth-order valence-corrected chi connectivity index (χ4v) is 7.37. The highest BCUT2D eigenvalue weighted by Gasteiger charge is 2.48. The van der Waals surface area contributed by atoms with E-state index in [0.717, 1.165) is 25.7 Å². The molecule has 2 fully saturated rings. The van der Waals surface area contributed by atoms with Gasteiger partial charge in [0.1, 0.15) is 6.10 Å². The second-order valence-electron chi connectivity index (χ2n) is 17.3. The second-order valence-corrected chi connectivity index (χ2v) is 17.3. The van der Waals surface area contributed by atoms with Crippen LogP contribution in [0.3, 0.4) is 0 Å². The molecule has 0 atom stereocenters. The van der Waals surface area contributed by atoms with Crippen molar-refractivity contribution in [2.24, 2.45) is 0 Å². The van der Waals surface area contributed by atoms with Gasteiger partial charge in [-0.05, 0) is 94.9 Å². The molecule has 2 aliphatic heterocycles. The van der Waals surface area contributed by atoms with Crippen LogP contribution in [0.4, 0.5) is 0 Å². The third-order valence-electron chi connectivity index (χ3n) is 9.16. The molecule has 2 heterocycles. The Bertz CT molecular complexity index is 752. The molecule has 0 unspecified atom stereocenters. The van der Waals surface area contributed by atoms with Crippen LogP contribution in [0.2, 0.25) is 0 Å². The highest BCUT2D eigenvalue weighted by Crippen LogP contribution is 2.40. The maximum absolute atomic E-state index is 12.5. The molecule has 2 rings (SSSR count). The van der Waals surface area contributed by atoms with E-state index in [9.17, 15) is 9.90 Å². The van der Waals surface area contributed by atoms with Gasteiger partial charge in [-0.25, -0.2) is 0 Å². The van der Waals surface area contributed by atoms with Crippen LogP contribution in [-0.4, -0.2) is 56.6 Å². The lowest BCUT2D eigenvalue weighted by Gasteiger charge is -2.53. The number of nitrogens with zero attached hydrogens (tertiary/aromatic N) is 1. The number of hydrogen-bond acceptors (Lipinski definition) is 6. The van der Waals surface area contributed by atoms with Crippen molar-refractivity contribution in [3.8, 4) is 0 Å². The summed E-state index contributed by atoms with van der Waals surface area (Å²) in [6, 6.07) is 0. The number of carbonyl (C=O) groups excluding carboxylic acids is 1. The van der Waals surface area contributed by atoms with Crippen molar-refractivity contribution in [1.82, 2.24) is 10.4 Å². The summed E-state index contributed by atoms with van der Waals surface area (Å²) in [5.74, 6) is -0.0643. The van der Waals surface area contributed by atoms with Gasteiger partial charge in [-0.15, -0.1) is 0 Å². The van der Waals surface area contributed by atoms with E-state index in [1.807, 2.05) is 5.06 Å². The summed E-state index contributed by atoms with van der Waals surface area (Å²) in [5.41, 5.74) is -0.728. The molecule has 262 valence electrons.